The van der Waals surface area contributed by atoms with Gasteiger partial charge in [-0.15, -0.1) is 24.0 Å². The van der Waals surface area contributed by atoms with E-state index in [2.05, 4.69) is 40.6 Å². The zero-order chi connectivity index (χ0) is 19.9. The van der Waals surface area contributed by atoms with E-state index in [-0.39, 0.29) is 24.0 Å². The predicted octanol–water partition coefficient (Wildman–Crippen LogP) is 3.78. The van der Waals surface area contributed by atoms with Crippen LogP contribution in [-0.2, 0) is 6.54 Å². The number of rotatable bonds is 9. The lowest BCUT2D eigenvalue weighted by Crippen LogP contribution is -2.45. The second-order valence-electron chi connectivity index (χ2n) is 8.03. The van der Waals surface area contributed by atoms with Crippen LogP contribution in [-0.4, -0.2) is 56.8 Å². The Morgan fingerprint density at radius 3 is 2.55 bits per heavy atom. The smallest absolute Gasteiger partial charge is 0.191 e. The van der Waals surface area contributed by atoms with Crippen LogP contribution in [0.3, 0.4) is 0 Å². The lowest BCUT2D eigenvalue weighted by atomic mass is 10.1. The molecule has 0 aliphatic heterocycles. The summed E-state index contributed by atoms with van der Waals surface area (Å²) < 4.78 is 11.9. The first-order valence-electron chi connectivity index (χ1n) is 10.6. The molecule has 1 atom stereocenters. The Balaban J connectivity index is 0.00000300. The quantitative estimate of drug-likeness (QED) is 0.297. The number of guanidine groups is 1. The number of ether oxygens (including phenoxy) is 2. The molecule has 0 amide bonds. The lowest BCUT2D eigenvalue weighted by Gasteiger charge is -2.25. The molecule has 0 aromatic heterocycles. The van der Waals surface area contributed by atoms with Crippen molar-refractivity contribution in [3.8, 4) is 11.5 Å². The van der Waals surface area contributed by atoms with E-state index in [1.165, 1.54) is 25.7 Å². The molecule has 2 aliphatic rings. The van der Waals surface area contributed by atoms with Gasteiger partial charge in [0.2, 0.25) is 0 Å². The van der Waals surface area contributed by atoms with Crippen molar-refractivity contribution in [2.24, 2.45) is 4.99 Å². The maximum atomic E-state index is 6.33. The summed E-state index contributed by atoms with van der Waals surface area (Å²) in [7, 11) is 5.72. The topological polar surface area (TPSA) is 58.1 Å². The highest BCUT2D eigenvalue weighted by Gasteiger charge is 2.29. The van der Waals surface area contributed by atoms with Gasteiger partial charge in [0.1, 0.15) is 0 Å². The van der Waals surface area contributed by atoms with E-state index < -0.39 is 0 Å². The number of hydrogen-bond donors (Lipinski definition) is 2. The van der Waals surface area contributed by atoms with Gasteiger partial charge < -0.3 is 20.1 Å². The van der Waals surface area contributed by atoms with Gasteiger partial charge in [0.05, 0.1) is 13.2 Å². The number of methoxy groups -OCH3 is 1. The molecule has 6 nitrogen and oxygen atoms in total. The molecule has 2 N–H and O–H groups in total. The summed E-state index contributed by atoms with van der Waals surface area (Å²) in [6, 6.07) is 7.32. The third kappa shape index (κ3) is 6.91. The van der Waals surface area contributed by atoms with Crippen LogP contribution >= 0.6 is 24.0 Å². The van der Waals surface area contributed by atoms with Crippen molar-refractivity contribution >= 4 is 29.9 Å². The molecule has 29 heavy (non-hydrogen) atoms. The fourth-order valence-corrected chi connectivity index (χ4v) is 3.80. The maximum absolute atomic E-state index is 6.33. The number of hydrogen-bond acceptors (Lipinski definition) is 4. The number of halogens is 1. The molecule has 1 aromatic rings. The van der Waals surface area contributed by atoms with Crippen LogP contribution in [0.25, 0.3) is 0 Å². The van der Waals surface area contributed by atoms with E-state index in [1.807, 2.05) is 19.2 Å². The number of aliphatic imine (C=N–C) groups is 1. The molecule has 1 unspecified atom stereocenters. The molecule has 2 fully saturated rings. The average molecular weight is 516 g/mol. The molecule has 2 aliphatic carbocycles. The van der Waals surface area contributed by atoms with Gasteiger partial charge in [-0.3, -0.25) is 9.89 Å². The first-order valence-corrected chi connectivity index (χ1v) is 10.6. The highest BCUT2D eigenvalue weighted by molar-refractivity contribution is 14.0. The molecule has 0 radical (unpaired) electrons. The van der Waals surface area contributed by atoms with Crippen molar-refractivity contribution in [2.45, 2.75) is 70.2 Å². The molecule has 2 saturated carbocycles. The van der Waals surface area contributed by atoms with Crippen LogP contribution in [0.15, 0.2) is 23.2 Å². The Bertz CT molecular complexity index is 660. The number of benzene rings is 1. The first-order chi connectivity index (χ1) is 13.6. The van der Waals surface area contributed by atoms with Crippen LogP contribution in [0.5, 0.6) is 11.5 Å². The van der Waals surface area contributed by atoms with E-state index in [9.17, 15) is 0 Å². The summed E-state index contributed by atoms with van der Waals surface area (Å²) >= 11 is 0. The van der Waals surface area contributed by atoms with E-state index >= 15 is 0 Å². The minimum Gasteiger partial charge on any atom is -0.493 e. The normalized spacial score (nSPS) is 18.3. The molecule has 0 heterocycles. The van der Waals surface area contributed by atoms with E-state index in [4.69, 9.17) is 9.47 Å². The van der Waals surface area contributed by atoms with Crippen molar-refractivity contribution in [1.29, 1.82) is 0 Å². The summed E-state index contributed by atoms with van der Waals surface area (Å²) in [5.74, 6) is 2.47. The van der Waals surface area contributed by atoms with Crippen molar-refractivity contribution < 1.29 is 9.47 Å². The summed E-state index contributed by atoms with van der Waals surface area (Å²) in [6.45, 7) is 3.77. The fraction of sp³-hybridized carbons (Fsp3) is 0.682. The highest BCUT2D eigenvalue weighted by atomic mass is 127. The molecule has 1 aromatic carbocycles. The number of likely N-dealkylation sites (N-methyl/N-ethyl adjacent to an activating group) is 1. The number of nitrogens with one attached hydrogen (secondary N) is 2. The third-order valence-corrected chi connectivity index (χ3v) is 5.92. The Hall–Kier alpha value is -1.22. The minimum absolute atomic E-state index is 0. The average Bonchev–Trinajstić information content (AvgIpc) is 3.44. The molecule has 3 rings (SSSR count). The van der Waals surface area contributed by atoms with Gasteiger partial charge in [0, 0.05) is 37.8 Å². The predicted molar refractivity (Wildman–Crippen MR) is 130 cm³/mol. The van der Waals surface area contributed by atoms with Gasteiger partial charge in [-0.2, -0.15) is 0 Å². The van der Waals surface area contributed by atoms with E-state index in [1.54, 1.807) is 7.11 Å². The van der Waals surface area contributed by atoms with Crippen LogP contribution in [0, 0.1) is 0 Å². The largest absolute Gasteiger partial charge is 0.493 e. The maximum Gasteiger partial charge on any atom is 0.191 e. The van der Waals surface area contributed by atoms with Crippen LogP contribution in [0.1, 0.15) is 51.0 Å². The molecular formula is C22H37IN4O2. The number of para-hydroxylation sites is 1. The second-order valence-corrected chi connectivity index (χ2v) is 8.03. The van der Waals surface area contributed by atoms with Gasteiger partial charge in [-0.05, 0) is 58.6 Å². The molecule has 0 saturated heterocycles. The van der Waals surface area contributed by atoms with Gasteiger partial charge in [-0.1, -0.05) is 12.1 Å². The van der Waals surface area contributed by atoms with Crippen molar-refractivity contribution in [3.05, 3.63) is 23.8 Å². The first kappa shape index (κ1) is 24.1. The van der Waals surface area contributed by atoms with Crippen molar-refractivity contribution in [2.75, 3.05) is 27.7 Å². The monoisotopic (exact) mass is 516 g/mol. The third-order valence-electron chi connectivity index (χ3n) is 5.92. The van der Waals surface area contributed by atoms with Crippen LogP contribution < -0.4 is 20.1 Å². The standard InChI is InChI=1S/C22H36N4O2.HI/c1-16(26(3)18-12-13-18)14-24-22(23-2)25-15-17-8-7-11-20(27-4)21(17)28-19-9-5-6-10-19;/h7-8,11,16,18-19H,5-6,9-10,12-15H2,1-4H3,(H2,23,24,25);1H. The minimum atomic E-state index is 0. The molecule has 0 spiro atoms. The van der Waals surface area contributed by atoms with Crippen molar-refractivity contribution in [3.63, 3.8) is 0 Å². The van der Waals surface area contributed by atoms with Crippen molar-refractivity contribution in [1.82, 2.24) is 15.5 Å². The molecule has 0 bridgehead atoms. The Labute approximate surface area is 192 Å². The Morgan fingerprint density at radius 1 is 1.21 bits per heavy atom. The summed E-state index contributed by atoms with van der Waals surface area (Å²) in [5.41, 5.74) is 1.09. The fourth-order valence-electron chi connectivity index (χ4n) is 3.80. The zero-order valence-electron chi connectivity index (χ0n) is 18.2. The van der Waals surface area contributed by atoms with Gasteiger partial charge in [-0.25, -0.2) is 0 Å². The van der Waals surface area contributed by atoms with Gasteiger partial charge in [0.15, 0.2) is 17.5 Å². The SMILES string of the molecule is CN=C(NCc1cccc(OC)c1OC1CCCC1)NCC(C)N(C)C1CC1.I. The number of nitrogens with zero attached hydrogens (tertiary/aromatic N) is 2. The van der Waals surface area contributed by atoms with Crippen LogP contribution in [0.2, 0.25) is 0 Å². The molecular weight excluding hydrogens is 479 g/mol. The summed E-state index contributed by atoms with van der Waals surface area (Å²) in [4.78, 5) is 6.83. The van der Waals surface area contributed by atoms with Gasteiger partial charge in [0.25, 0.3) is 0 Å². The van der Waals surface area contributed by atoms with E-state index in [0.717, 1.165) is 48.5 Å². The van der Waals surface area contributed by atoms with Gasteiger partial charge >= 0.3 is 0 Å². The van der Waals surface area contributed by atoms with Crippen LogP contribution in [0.4, 0.5) is 0 Å². The Kier molecular flexibility index (Phi) is 9.82. The zero-order valence-corrected chi connectivity index (χ0v) is 20.6. The summed E-state index contributed by atoms with van der Waals surface area (Å²) in [6.07, 6.45) is 7.70. The molecule has 164 valence electrons. The second kappa shape index (κ2) is 11.8. The Morgan fingerprint density at radius 2 is 1.93 bits per heavy atom. The highest BCUT2D eigenvalue weighted by Crippen LogP contribution is 2.34. The summed E-state index contributed by atoms with van der Waals surface area (Å²) in [5, 5.41) is 6.88. The molecule has 7 heteroatoms. The van der Waals surface area contributed by atoms with E-state index in [0.29, 0.717) is 18.7 Å². The lowest BCUT2D eigenvalue weighted by molar-refractivity contribution is 0.198.